The van der Waals surface area contributed by atoms with E-state index in [0.29, 0.717) is 22.7 Å². The predicted molar refractivity (Wildman–Crippen MR) is 110 cm³/mol. The Morgan fingerprint density at radius 2 is 1.93 bits per heavy atom. The van der Waals surface area contributed by atoms with E-state index in [0.717, 1.165) is 11.1 Å². The van der Waals surface area contributed by atoms with E-state index in [1.54, 1.807) is 43.3 Å². The Bertz CT molecular complexity index is 1040. The number of ketones is 1. The van der Waals surface area contributed by atoms with E-state index in [2.05, 4.69) is 5.10 Å². The topological polar surface area (TPSA) is 72.2 Å². The van der Waals surface area contributed by atoms with Crippen LogP contribution in [0.25, 0.3) is 11.3 Å². The Labute approximate surface area is 168 Å². The molecule has 1 N–H and O–H groups in total. The van der Waals surface area contributed by atoms with Gasteiger partial charge in [0, 0.05) is 28.6 Å². The highest BCUT2D eigenvalue weighted by Gasteiger charge is 2.10. The van der Waals surface area contributed by atoms with E-state index in [1.807, 2.05) is 18.2 Å². The third-order valence-corrected chi connectivity index (χ3v) is 4.59. The second kappa shape index (κ2) is 8.95. The molecule has 3 rings (SSSR count). The Kier molecular flexibility index (Phi) is 6.39. The maximum atomic E-state index is 12.3. The molecule has 0 radical (unpaired) electrons. The van der Waals surface area contributed by atoms with Crippen LogP contribution in [0, 0.1) is 0 Å². The van der Waals surface area contributed by atoms with Crippen molar-refractivity contribution in [2.24, 2.45) is 0 Å². The summed E-state index contributed by atoms with van der Waals surface area (Å²) in [5.41, 5.74) is 2.61. The summed E-state index contributed by atoms with van der Waals surface area (Å²) in [4.78, 5) is 24.5. The number of hydrogen-bond acceptors (Lipinski definition) is 4. The van der Waals surface area contributed by atoms with Gasteiger partial charge in [0.15, 0.2) is 5.78 Å². The second-order valence-electron chi connectivity index (χ2n) is 6.74. The van der Waals surface area contributed by atoms with Crippen LogP contribution in [-0.4, -0.2) is 26.8 Å². The molecule has 3 aromatic rings. The van der Waals surface area contributed by atoms with E-state index in [-0.39, 0.29) is 24.3 Å². The van der Waals surface area contributed by atoms with Crippen molar-refractivity contribution in [3.05, 3.63) is 87.2 Å². The molecule has 6 heteroatoms. The van der Waals surface area contributed by atoms with E-state index in [9.17, 15) is 14.7 Å². The number of aromatic nitrogens is 2. The minimum atomic E-state index is -0.510. The zero-order valence-corrected chi connectivity index (χ0v) is 16.3. The molecule has 1 unspecified atom stereocenters. The molecule has 1 atom stereocenters. The van der Waals surface area contributed by atoms with Crippen LogP contribution in [0.2, 0.25) is 5.02 Å². The molecule has 1 heterocycles. The molecule has 144 valence electrons. The van der Waals surface area contributed by atoms with Crippen molar-refractivity contribution >= 4 is 17.4 Å². The summed E-state index contributed by atoms with van der Waals surface area (Å²) in [6.07, 6.45) is 0.194. The number of carbonyl (C=O) groups excluding carboxylic acids is 1. The van der Waals surface area contributed by atoms with Crippen molar-refractivity contribution in [2.75, 3.05) is 0 Å². The van der Waals surface area contributed by atoms with Gasteiger partial charge in [0.25, 0.3) is 5.56 Å². The number of carbonyl (C=O) groups is 1. The van der Waals surface area contributed by atoms with Crippen molar-refractivity contribution in [1.29, 1.82) is 0 Å². The number of hydrogen-bond donors (Lipinski definition) is 1. The van der Waals surface area contributed by atoms with E-state index >= 15 is 0 Å². The van der Waals surface area contributed by atoms with Crippen molar-refractivity contribution in [2.45, 2.75) is 32.4 Å². The second-order valence-corrected chi connectivity index (χ2v) is 7.17. The van der Waals surface area contributed by atoms with Crippen molar-refractivity contribution in [1.82, 2.24) is 9.78 Å². The first-order valence-electron chi connectivity index (χ1n) is 9.06. The normalized spacial score (nSPS) is 12.0. The first-order chi connectivity index (χ1) is 13.4. The minimum absolute atomic E-state index is 0.0317. The summed E-state index contributed by atoms with van der Waals surface area (Å²) < 4.78 is 1.37. The maximum Gasteiger partial charge on any atom is 0.267 e. The predicted octanol–water partition coefficient (Wildman–Crippen LogP) is 3.96. The van der Waals surface area contributed by atoms with E-state index < -0.39 is 6.10 Å². The van der Waals surface area contributed by atoms with Crippen LogP contribution in [-0.2, 0) is 6.54 Å². The summed E-state index contributed by atoms with van der Waals surface area (Å²) in [5, 5.41) is 14.4. The van der Waals surface area contributed by atoms with Crippen LogP contribution in [0.4, 0.5) is 0 Å². The van der Waals surface area contributed by atoms with Gasteiger partial charge in [0.2, 0.25) is 0 Å². The maximum absolute atomic E-state index is 12.3. The summed E-state index contributed by atoms with van der Waals surface area (Å²) in [6, 6.07) is 17.6. The van der Waals surface area contributed by atoms with Crippen LogP contribution in [0.15, 0.2) is 65.5 Å². The largest absolute Gasteiger partial charge is 0.393 e. The zero-order valence-electron chi connectivity index (χ0n) is 15.5. The smallest absolute Gasteiger partial charge is 0.267 e. The molecule has 1 aromatic heterocycles. The van der Waals surface area contributed by atoms with Crippen LogP contribution >= 0.6 is 11.6 Å². The van der Waals surface area contributed by atoms with Gasteiger partial charge in [-0.05, 0) is 43.2 Å². The molecule has 0 saturated carbocycles. The highest BCUT2D eigenvalue weighted by Crippen LogP contribution is 2.20. The van der Waals surface area contributed by atoms with Gasteiger partial charge >= 0.3 is 0 Å². The first-order valence-corrected chi connectivity index (χ1v) is 9.44. The van der Waals surface area contributed by atoms with Crippen LogP contribution < -0.4 is 5.56 Å². The number of aliphatic hydroxyl groups excluding tert-OH is 1. The van der Waals surface area contributed by atoms with Gasteiger partial charge in [-0.15, -0.1) is 0 Å². The monoisotopic (exact) mass is 396 g/mol. The summed E-state index contributed by atoms with van der Waals surface area (Å²) in [5.74, 6) is -0.0317. The number of Topliss-reactive ketones (excluding diaryl/α,β-unsaturated/α-hetero) is 1. The summed E-state index contributed by atoms with van der Waals surface area (Å²) >= 11 is 6.04. The SMILES string of the molecule is CC(O)CCC(=O)c1cccc(Cn2nc(-c3cccc(Cl)c3)ccc2=O)c1. The number of nitrogens with zero attached hydrogens (tertiary/aromatic N) is 2. The summed E-state index contributed by atoms with van der Waals surface area (Å²) in [7, 11) is 0. The number of aliphatic hydroxyl groups is 1. The van der Waals surface area contributed by atoms with Crippen LogP contribution in [0.3, 0.4) is 0 Å². The lowest BCUT2D eigenvalue weighted by atomic mass is 10.0. The van der Waals surface area contributed by atoms with E-state index in [1.165, 1.54) is 10.7 Å². The molecular formula is C22H21ClN2O3. The fourth-order valence-electron chi connectivity index (χ4n) is 2.86. The Balaban J connectivity index is 1.84. The molecule has 0 aliphatic rings. The van der Waals surface area contributed by atoms with Gasteiger partial charge in [0.05, 0.1) is 18.3 Å². The number of rotatable bonds is 7. The van der Waals surface area contributed by atoms with Crippen molar-refractivity contribution in [3.63, 3.8) is 0 Å². The molecule has 5 nitrogen and oxygen atoms in total. The average Bonchev–Trinajstić information content (AvgIpc) is 2.68. The van der Waals surface area contributed by atoms with Crippen molar-refractivity contribution < 1.29 is 9.90 Å². The van der Waals surface area contributed by atoms with Gasteiger partial charge in [-0.25, -0.2) is 4.68 Å². The molecule has 0 fully saturated rings. The van der Waals surface area contributed by atoms with Gasteiger partial charge in [0.1, 0.15) is 0 Å². The van der Waals surface area contributed by atoms with E-state index in [4.69, 9.17) is 11.6 Å². The Hall–Kier alpha value is -2.76. The van der Waals surface area contributed by atoms with Crippen LogP contribution in [0.1, 0.15) is 35.7 Å². The lowest BCUT2D eigenvalue weighted by Crippen LogP contribution is -2.23. The fraction of sp³-hybridized carbons (Fsp3) is 0.227. The number of halogens is 1. The van der Waals surface area contributed by atoms with Crippen molar-refractivity contribution in [3.8, 4) is 11.3 Å². The Morgan fingerprint density at radius 1 is 1.14 bits per heavy atom. The molecular weight excluding hydrogens is 376 g/mol. The molecule has 0 saturated heterocycles. The average molecular weight is 397 g/mol. The lowest BCUT2D eigenvalue weighted by Gasteiger charge is -2.09. The molecule has 0 amide bonds. The van der Waals surface area contributed by atoms with Gasteiger partial charge in [-0.1, -0.05) is 41.9 Å². The molecule has 0 aliphatic heterocycles. The molecule has 0 spiro atoms. The zero-order chi connectivity index (χ0) is 20.1. The Morgan fingerprint density at radius 3 is 2.68 bits per heavy atom. The number of benzene rings is 2. The molecule has 0 aliphatic carbocycles. The van der Waals surface area contributed by atoms with Gasteiger partial charge in [-0.3, -0.25) is 9.59 Å². The highest BCUT2D eigenvalue weighted by atomic mass is 35.5. The molecule has 2 aromatic carbocycles. The fourth-order valence-corrected chi connectivity index (χ4v) is 3.05. The first kappa shape index (κ1) is 20.0. The van der Waals surface area contributed by atoms with Gasteiger partial charge in [-0.2, -0.15) is 5.10 Å². The van der Waals surface area contributed by atoms with Gasteiger partial charge < -0.3 is 5.11 Å². The third-order valence-electron chi connectivity index (χ3n) is 4.36. The van der Waals surface area contributed by atoms with Crippen LogP contribution in [0.5, 0.6) is 0 Å². The minimum Gasteiger partial charge on any atom is -0.393 e. The standard InChI is InChI=1S/C22H21ClN2O3/c1-15(26)8-10-21(27)18-6-2-4-16(12-18)14-25-22(28)11-9-20(24-25)17-5-3-7-19(23)13-17/h2-7,9,11-13,15,26H,8,10,14H2,1H3. The molecule has 0 bridgehead atoms. The molecule has 28 heavy (non-hydrogen) atoms. The lowest BCUT2D eigenvalue weighted by molar-refractivity contribution is 0.0949. The highest BCUT2D eigenvalue weighted by molar-refractivity contribution is 6.30. The summed E-state index contributed by atoms with van der Waals surface area (Å²) in [6.45, 7) is 1.92. The third kappa shape index (κ3) is 5.15. The quantitative estimate of drug-likeness (QED) is 0.613.